The zero-order valence-corrected chi connectivity index (χ0v) is 15.4. The summed E-state index contributed by atoms with van der Waals surface area (Å²) in [6.07, 6.45) is 1.67. The molecular weight excluding hydrogens is 338 g/mol. The first-order chi connectivity index (χ1) is 13.1. The summed E-state index contributed by atoms with van der Waals surface area (Å²) in [7, 11) is 0. The smallest absolute Gasteiger partial charge is 0.266 e. The molecule has 4 aromatic rings. The van der Waals surface area contributed by atoms with Crippen LogP contribution < -0.4 is 10.9 Å². The first-order valence-electron chi connectivity index (χ1n) is 9.08. The molecule has 0 unspecified atom stereocenters. The number of furan rings is 1. The Labute approximate surface area is 157 Å². The van der Waals surface area contributed by atoms with Crippen LogP contribution >= 0.6 is 0 Å². The molecule has 5 heteroatoms. The van der Waals surface area contributed by atoms with Gasteiger partial charge in [0.1, 0.15) is 12.6 Å². The lowest BCUT2D eigenvalue weighted by atomic mass is 10.2. The minimum absolute atomic E-state index is 0.0197. The Morgan fingerprint density at radius 1 is 1.07 bits per heavy atom. The fourth-order valence-corrected chi connectivity index (χ4v) is 3.23. The molecule has 1 atom stereocenters. The summed E-state index contributed by atoms with van der Waals surface area (Å²) in [6, 6.07) is 19.3. The maximum absolute atomic E-state index is 13.3. The SMILES string of the molecule is Cc1ccc(-n2c([C@@H](C)[NH2+]Cc3ccco3)nc3ccccc3c2=O)cc1. The van der Waals surface area contributed by atoms with Crippen molar-refractivity contribution in [1.29, 1.82) is 0 Å². The molecule has 0 radical (unpaired) electrons. The Hall–Kier alpha value is -3.18. The van der Waals surface area contributed by atoms with Gasteiger partial charge < -0.3 is 9.73 Å². The first kappa shape index (κ1) is 17.2. The molecule has 0 aliphatic carbocycles. The normalized spacial score (nSPS) is 12.4. The molecule has 5 nitrogen and oxygen atoms in total. The largest absolute Gasteiger partial charge is 0.463 e. The van der Waals surface area contributed by atoms with Crippen LogP contribution in [0, 0.1) is 6.92 Å². The van der Waals surface area contributed by atoms with E-state index in [-0.39, 0.29) is 11.6 Å². The molecule has 2 N–H and O–H groups in total. The van der Waals surface area contributed by atoms with E-state index in [1.807, 2.05) is 67.6 Å². The number of aromatic nitrogens is 2. The van der Waals surface area contributed by atoms with E-state index in [0.29, 0.717) is 11.9 Å². The molecule has 2 heterocycles. The monoisotopic (exact) mass is 360 g/mol. The predicted octanol–water partition coefficient (Wildman–Crippen LogP) is 3.11. The first-order valence-corrected chi connectivity index (χ1v) is 9.08. The molecule has 0 aliphatic heterocycles. The minimum atomic E-state index is -0.0438. The highest BCUT2D eigenvalue weighted by atomic mass is 16.3. The third kappa shape index (κ3) is 3.41. The number of quaternary nitrogens is 1. The summed E-state index contributed by atoms with van der Waals surface area (Å²) >= 11 is 0. The highest BCUT2D eigenvalue weighted by molar-refractivity contribution is 5.77. The van der Waals surface area contributed by atoms with Gasteiger partial charge in [-0.15, -0.1) is 0 Å². The molecule has 136 valence electrons. The molecular formula is C22H22N3O2+. The van der Waals surface area contributed by atoms with Gasteiger partial charge in [0.15, 0.2) is 11.6 Å². The topological polar surface area (TPSA) is 64.6 Å². The van der Waals surface area contributed by atoms with Gasteiger partial charge in [-0.1, -0.05) is 29.8 Å². The number of benzene rings is 2. The molecule has 0 saturated carbocycles. The van der Waals surface area contributed by atoms with Crippen LogP contribution in [0.4, 0.5) is 0 Å². The summed E-state index contributed by atoms with van der Waals surface area (Å²) in [5.74, 6) is 1.63. The van der Waals surface area contributed by atoms with Crippen LogP contribution in [0.1, 0.15) is 30.1 Å². The van der Waals surface area contributed by atoms with Crippen molar-refractivity contribution < 1.29 is 9.73 Å². The number of para-hydroxylation sites is 1. The lowest BCUT2D eigenvalue weighted by Gasteiger charge is -2.17. The zero-order chi connectivity index (χ0) is 18.8. The fourth-order valence-electron chi connectivity index (χ4n) is 3.23. The number of fused-ring (bicyclic) bond motifs is 1. The van der Waals surface area contributed by atoms with Crippen LogP contribution in [0.25, 0.3) is 16.6 Å². The molecule has 27 heavy (non-hydrogen) atoms. The standard InChI is InChI=1S/C22H21N3O2/c1-15-9-11-17(12-10-15)25-21(16(2)23-14-18-6-5-13-27-18)24-20-8-4-3-7-19(20)22(25)26/h3-13,16,23H,14H2,1-2H3/p+1/t16-/m1/s1. The van der Waals surface area contributed by atoms with Gasteiger partial charge in [-0.05, 0) is 50.2 Å². The quantitative estimate of drug-likeness (QED) is 0.595. The molecule has 0 spiro atoms. The van der Waals surface area contributed by atoms with Crippen LogP contribution in [0.2, 0.25) is 0 Å². The second kappa shape index (κ2) is 7.21. The van der Waals surface area contributed by atoms with Gasteiger partial charge in [0.25, 0.3) is 5.56 Å². The summed E-state index contributed by atoms with van der Waals surface area (Å²) in [6.45, 7) is 4.78. The van der Waals surface area contributed by atoms with Gasteiger partial charge >= 0.3 is 0 Å². The second-order valence-electron chi connectivity index (χ2n) is 6.77. The van der Waals surface area contributed by atoms with Crippen molar-refractivity contribution in [3.05, 3.63) is 94.4 Å². The van der Waals surface area contributed by atoms with E-state index in [1.165, 1.54) is 0 Å². The molecule has 0 amide bonds. The van der Waals surface area contributed by atoms with Crippen LogP contribution in [0.5, 0.6) is 0 Å². The lowest BCUT2D eigenvalue weighted by Crippen LogP contribution is -2.83. The zero-order valence-electron chi connectivity index (χ0n) is 15.4. The molecule has 0 saturated heterocycles. The van der Waals surface area contributed by atoms with Crippen molar-refractivity contribution in [3.63, 3.8) is 0 Å². The molecule has 0 aliphatic rings. The molecule has 0 bridgehead atoms. The number of nitrogens with zero attached hydrogens (tertiary/aromatic N) is 2. The summed E-state index contributed by atoms with van der Waals surface area (Å²) < 4.78 is 7.15. The number of aryl methyl sites for hydroxylation is 1. The summed E-state index contributed by atoms with van der Waals surface area (Å²) in [4.78, 5) is 18.1. The van der Waals surface area contributed by atoms with Gasteiger partial charge in [0, 0.05) is 0 Å². The maximum atomic E-state index is 13.3. The number of rotatable bonds is 5. The van der Waals surface area contributed by atoms with Crippen molar-refractivity contribution >= 4 is 10.9 Å². The Bertz CT molecular complexity index is 1110. The van der Waals surface area contributed by atoms with Crippen molar-refractivity contribution in [2.75, 3.05) is 0 Å². The Balaban J connectivity index is 1.83. The highest BCUT2D eigenvalue weighted by Gasteiger charge is 2.20. The van der Waals surface area contributed by atoms with Crippen LogP contribution in [-0.2, 0) is 6.54 Å². The maximum Gasteiger partial charge on any atom is 0.266 e. The third-order valence-electron chi connectivity index (χ3n) is 4.75. The number of hydrogen-bond acceptors (Lipinski definition) is 3. The Kier molecular flexibility index (Phi) is 4.60. The number of nitrogens with two attached hydrogens (primary N) is 1. The average Bonchev–Trinajstić information content (AvgIpc) is 3.21. The molecule has 2 aromatic heterocycles. The van der Waals surface area contributed by atoms with Gasteiger partial charge in [0.2, 0.25) is 0 Å². The van der Waals surface area contributed by atoms with Crippen LogP contribution in [0.3, 0.4) is 0 Å². The minimum Gasteiger partial charge on any atom is -0.463 e. The fraction of sp³-hybridized carbons (Fsp3) is 0.182. The van der Waals surface area contributed by atoms with Crippen LogP contribution in [0.15, 0.2) is 76.1 Å². The third-order valence-corrected chi connectivity index (χ3v) is 4.75. The van der Waals surface area contributed by atoms with Gasteiger partial charge in [0.05, 0.1) is 22.9 Å². The highest BCUT2D eigenvalue weighted by Crippen LogP contribution is 2.17. The van der Waals surface area contributed by atoms with E-state index in [2.05, 4.69) is 12.2 Å². The second-order valence-corrected chi connectivity index (χ2v) is 6.77. The van der Waals surface area contributed by atoms with Crippen molar-refractivity contribution in [2.45, 2.75) is 26.4 Å². The summed E-state index contributed by atoms with van der Waals surface area (Å²) in [5, 5.41) is 2.75. The van der Waals surface area contributed by atoms with E-state index in [0.717, 1.165) is 28.4 Å². The number of hydrogen-bond donors (Lipinski definition) is 1. The Morgan fingerprint density at radius 3 is 2.59 bits per heavy atom. The van der Waals surface area contributed by atoms with E-state index in [9.17, 15) is 4.79 Å². The Morgan fingerprint density at radius 2 is 1.85 bits per heavy atom. The molecule has 2 aromatic carbocycles. The van der Waals surface area contributed by atoms with E-state index in [4.69, 9.17) is 9.40 Å². The molecule has 4 rings (SSSR count). The van der Waals surface area contributed by atoms with Crippen molar-refractivity contribution in [3.8, 4) is 5.69 Å². The predicted molar refractivity (Wildman–Crippen MR) is 105 cm³/mol. The average molecular weight is 360 g/mol. The van der Waals surface area contributed by atoms with Gasteiger partial charge in [-0.2, -0.15) is 0 Å². The van der Waals surface area contributed by atoms with E-state index >= 15 is 0 Å². The summed E-state index contributed by atoms with van der Waals surface area (Å²) in [5.41, 5.74) is 2.66. The van der Waals surface area contributed by atoms with Crippen LogP contribution in [-0.4, -0.2) is 9.55 Å². The molecule has 0 fully saturated rings. The van der Waals surface area contributed by atoms with Crippen molar-refractivity contribution in [1.82, 2.24) is 9.55 Å². The van der Waals surface area contributed by atoms with E-state index in [1.54, 1.807) is 10.8 Å². The van der Waals surface area contributed by atoms with E-state index < -0.39 is 0 Å². The van der Waals surface area contributed by atoms with Gasteiger partial charge in [-0.25, -0.2) is 4.98 Å². The lowest BCUT2D eigenvalue weighted by molar-refractivity contribution is -0.710. The van der Waals surface area contributed by atoms with Gasteiger partial charge in [-0.3, -0.25) is 9.36 Å². The van der Waals surface area contributed by atoms with Crippen molar-refractivity contribution in [2.24, 2.45) is 0 Å².